The van der Waals surface area contributed by atoms with E-state index in [4.69, 9.17) is 11.6 Å². The van der Waals surface area contributed by atoms with Crippen LogP contribution in [-0.4, -0.2) is 14.5 Å². The predicted molar refractivity (Wildman–Crippen MR) is 56.8 cm³/mol. The molecule has 2 aromatic heterocycles. The molecule has 4 nitrogen and oxygen atoms in total. The Hall–Kier alpha value is -1.75. The molecule has 0 spiro atoms. The lowest BCUT2D eigenvalue weighted by molar-refractivity contribution is 0.615. The molecule has 2 aromatic rings. The molecule has 0 bridgehead atoms. The Morgan fingerprint density at radius 3 is 3.00 bits per heavy atom. The number of hydrogen-bond acceptors (Lipinski definition) is 3. The number of rotatable bonds is 2. The molecule has 0 N–H and O–H groups in total. The fourth-order valence-corrected chi connectivity index (χ4v) is 1.45. The molecule has 0 amide bonds. The molecule has 16 heavy (non-hydrogen) atoms. The lowest BCUT2D eigenvalue weighted by atomic mass is 10.3. The van der Waals surface area contributed by atoms with Crippen LogP contribution in [0.15, 0.2) is 35.6 Å². The topological polar surface area (TPSA) is 47.8 Å². The van der Waals surface area contributed by atoms with Crippen LogP contribution >= 0.6 is 11.6 Å². The average Bonchev–Trinajstić information content (AvgIpc) is 2.25. The minimum atomic E-state index is -0.439. The first-order chi connectivity index (χ1) is 7.66. The highest BCUT2D eigenvalue weighted by molar-refractivity contribution is 6.29. The van der Waals surface area contributed by atoms with Crippen LogP contribution in [0.25, 0.3) is 0 Å². The molecule has 0 aliphatic heterocycles. The van der Waals surface area contributed by atoms with Gasteiger partial charge in [0.15, 0.2) is 5.15 Å². The number of halogens is 2. The molecular formula is C10H7ClFN3O. The van der Waals surface area contributed by atoms with E-state index in [-0.39, 0.29) is 11.7 Å². The molecule has 0 fully saturated rings. The second-order valence-electron chi connectivity index (χ2n) is 3.16. The van der Waals surface area contributed by atoms with Crippen molar-refractivity contribution in [2.24, 2.45) is 0 Å². The summed E-state index contributed by atoms with van der Waals surface area (Å²) in [7, 11) is 0. The van der Waals surface area contributed by atoms with Gasteiger partial charge in [-0.3, -0.25) is 9.78 Å². The molecule has 0 radical (unpaired) electrons. The molecular weight excluding hydrogens is 233 g/mol. The van der Waals surface area contributed by atoms with Crippen molar-refractivity contribution in [1.29, 1.82) is 0 Å². The van der Waals surface area contributed by atoms with Gasteiger partial charge in [-0.05, 0) is 11.6 Å². The van der Waals surface area contributed by atoms with Crippen molar-refractivity contribution in [3.8, 4) is 0 Å². The normalized spacial score (nSPS) is 10.4. The summed E-state index contributed by atoms with van der Waals surface area (Å²) < 4.78 is 14.2. The summed E-state index contributed by atoms with van der Waals surface area (Å²) in [5.74, 6) is -0.439. The Morgan fingerprint density at radius 1 is 1.44 bits per heavy atom. The van der Waals surface area contributed by atoms with E-state index >= 15 is 0 Å². The Kier molecular flexibility index (Phi) is 2.96. The minimum absolute atomic E-state index is 0.105. The Morgan fingerprint density at radius 2 is 2.25 bits per heavy atom. The van der Waals surface area contributed by atoms with Gasteiger partial charge in [0.05, 0.1) is 12.7 Å². The van der Waals surface area contributed by atoms with E-state index in [0.29, 0.717) is 5.56 Å². The zero-order chi connectivity index (χ0) is 11.5. The van der Waals surface area contributed by atoms with Crippen molar-refractivity contribution in [2.45, 2.75) is 6.54 Å². The van der Waals surface area contributed by atoms with Crippen LogP contribution in [0.3, 0.4) is 0 Å². The van der Waals surface area contributed by atoms with Crippen LogP contribution in [0.2, 0.25) is 5.15 Å². The molecule has 2 heterocycles. The van der Waals surface area contributed by atoms with Crippen molar-refractivity contribution in [2.75, 3.05) is 0 Å². The van der Waals surface area contributed by atoms with Gasteiger partial charge in [-0.2, -0.15) is 0 Å². The van der Waals surface area contributed by atoms with Crippen molar-refractivity contribution >= 4 is 11.6 Å². The van der Waals surface area contributed by atoms with Crippen LogP contribution < -0.4 is 5.56 Å². The van der Waals surface area contributed by atoms with E-state index in [0.717, 1.165) is 6.20 Å². The second-order valence-corrected chi connectivity index (χ2v) is 3.52. The largest absolute Gasteiger partial charge is 0.307 e. The number of hydrogen-bond donors (Lipinski definition) is 0. The maximum Gasteiger partial charge on any atom is 0.288 e. The summed E-state index contributed by atoms with van der Waals surface area (Å²) in [5.41, 5.74) is 0.179. The Labute approximate surface area is 95.4 Å². The van der Waals surface area contributed by atoms with Gasteiger partial charge in [0, 0.05) is 18.6 Å². The van der Waals surface area contributed by atoms with Crippen LogP contribution in [0, 0.1) is 5.82 Å². The molecule has 0 atom stereocenters. The molecule has 82 valence electrons. The summed E-state index contributed by atoms with van der Waals surface area (Å²) in [5, 5.41) is -0.105. The third kappa shape index (κ3) is 2.25. The quantitative estimate of drug-likeness (QED) is 0.798. The summed E-state index contributed by atoms with van der Waals surface area (Å²) >= 11 is 5.58. The van der Waals surface area contributed by atoms with Crippen molar-refractivity contribution in [3.63, 3.8) is 0 Å². The van der Waals surface area contributed by atoms with Crippen molar-refractivity contribution < 1.29 is 4.39 Å². The lowest BCUT2D eigenvalue weighted by Crippen LogP contribution is -2.21. The molecule has 0 saturated heterocycles. The van der Waals surface area contributed by atoms with E-state index in [9.17, 15) is 9.18 Å². The summed E-state index contributed by atoms with van der Waals surface area (Å²) in [6, 6.07) is 1.31. The van der Waals surface area contributed by atoms with Gasteiger partial charge in [-0.15, -0.1) is 0 Å². The zero-order valence-corrected chi connectivity index (χ0v) is 8.86. The highest BCUT2D eigenvalue weighted by atomic mass is 35.5. The highest BCUT2D eigenvalue weighted by Crippen LogP contribution is 2.03. The molecule has 0 unspecified atom stereocenters. The highest BCUT2D eigenvalue weighted by Gasteiger charge is 2.03. The monoisotopic (exact) mass is 239 g/mol. The van der Waals surface area contributed by atoms with Crippen LogP contribution in [0.4, 0.5) is 4.39 Å². The van der Waals surface area contributed by atoms with E-state index in [1.807, 2.05) is 0 Å². The molecule has 2 rings (SSSR count). The lowest BCUT2D eigenvalue weighted by Gasteiger charge is -2.04. The summed E-state index contributed by atoms with van der Waals surface area (Å²) in [6.45, 7) is 0.214. The average molecular weight is 240 g/mol. The fourth-order valence-electron chi connectivity index (χ4n) is 1.28. The van der Waals surface area contributed by atoms with Gasteiger partial charge in [0.2, 0.25) is 0 Å². The smallest absolute Gasteiger partial charge is 0.288 e. The first kappa shape index (κ1) is 10.8. The van der Waals surface area contributed by atoms with Crippen molar-refractivity contribution in [1.82, 2.24) is 14.5 Å². The molecule has 0 saturated carbocycles. The van der Waals surface area contributed by atoms with E-state index in [1.165, 1.54) is 29.2 Å². The molecule has 0 aliphatic rings. The summed E-state index contributed by atoms with van der Waals surface area (Å²) in [6.07, 6.45) is 5.49. The summed E-state index contributed by atoms with van der Waals surface area (Å²) in [4.78, 5) is 18.8. The van der Waals surface area contributed by atoms with Crippen LogP contribution in [0.1, 0.15) is 5.56 Å². The maximum atomic E-state index is 12.9. The van der Waals surface area contributed by atoms with Gasteiger partial charge in [-0.1, -0.05) is 11.6 Å². The second kappa shape index (κ2) is 4.40. The predicted octanol–water partition coefficient (Wildman–Crippen LogP) is 1.48. The molecule has 0 aromatic carbocycles. The number of pyridine rings is 1. The number of nitrogens with zero attached hydrogens (tertiary/aromatic N) is 3. The van der Waals surface area contributed by atoms with E-state index < -0.39 is 11.4 Å². The fraction of sp³-hybridized carbons (Fsp3) is 0.100. The van der Waals surface area contributed by atoms with Gasteiger partial charge in [0.25, 0.3) is 5.56 Å². The van der Waals surface area contributed by atoms with Crippen LogP contribution in [0.5, 0.6) is 0 Å². The molecule has 6 heteroatoms. The third-order valence-electron chi connectivity index (χ3n) is 1.99. The first-order valence-corrected chi connectivity index (χ1v) is 4.85. The third-order valence-corrected chi connectivity index (χ3v) is 2.25. The van der Waals surface area contributed by atoms with Crippen LogP contribution in [-0.2, 0) is 6.54 Å². The standard InChI is InChI=1S/C10H7ClFN3O/c11-9-10(16)15(2-1-14-9)6-7-3-8(12)5-13-4-7/h1-5H,6H2. The van der Waals surface area contributed by atoms with E-state index in [1.54, 1.807) is 0 Å². The Balaban J connectivity index is 2.34. The maximum absolute atomic E-state index is 12.9. The zero-order valence-electron chi connectivity index (χ0n) is 8.10. The van der Waals surface area contributed by atoms with Gasteiger partial charge in [-0.25, -0.2) is 9.37 Å². The first-order valence-electron chi connectivity index (χ1n) is 4.47. The van der Waals surface area contributed by atoms with E-state index in [2.05, 4.69) is 9.97 Å². The Bertz CT molecular complexity index is 570. The minimum Gasteiger partial charge on any atom is -0.307 e. The molecule has 0 aliphatic carbocycles. The van der Waals surface area contributed by atoms with Gasteiger partial charge in [0.1, 0.15) is 5.82 Å². The van der Waals surface area contributed by atoms with Gasteiger partial charge >= 0.3 is 0 Å². The SMILES string of the molecule is O=c1c(Cl)nccn1Cc1cncc(F)c1. The van der Waals surface area contributed by atoms with Crippen molar-refractivity contribution in [3.05, 3.63) is 57.7 Å². The van der Waals surface area contributed by atoms with Gasteiger partial charge < -0.3 is 4.57 Å². The number of aromatic nitrogens is 3.